The molecule has 8 nitrogen and oxygen atoms in total. The van der Waals surface area contributed by atoms with Gasteiger partial charge in [0.25, 0.3) is 5.91 Å². The van der Waals surface area contributed by atoms with E-state index in [1.807, 2.05) is 6.07 Å². The second kappa shape index (κ2) is 8.15. The number of rotatable bonds is 7. The minimum Gasteiger partial charge on any atom is -0.496 e. The zero-order chi connectivity index (χ0) is 22.3. The molecule has 4 saturated carbocycles. The van der Waals surface area contributed by atoms with E-state index in [2.05, 4.69) is 20.7 Å². The number of hydrogen-bond acceptors (Lipinski definition) is 6. The average molecular weight is 439 g/mol. The van der Waals surface area contributed by atoms with Crippen LogP contribution in [0, 0.1) is 17.8 Å². The van der Waals surface area contributed by atoms with E-state index < -0.39 is 0 Å². The number of amides is 1. The molecule has 1 aromatic carbocycles. The maximum atomic E-state index is 12.7. The van der Waals surface area contributed by atoms with E-state index in [4.69, 9.17) is 14.2 Å². The molecule has 8 heteroatoms. The first-order valence-corrected chi connectivity index (χ1v) is 11.2. The summed E-state index contributed by atoms with van der Waals surface area (Å²) in [7, 11) is 4.69. The largest absolute Gasteiger partial charge is 0.496 e. The summed E-state index contributed by atoms with van der Waals surface area (Å²) in [5.41, 5.74) is 4.89. The van der Waals surface area contributed by atoms with Crippen molar-refractivity contribution in [3.63, 3.8) is 0 Å². The van der Waals surface area contributed by atoms with Crippen LogP contribution < -0.4 is 19.6 Å². The van der Waals surface area contributed by atoms with E-state index in [0.717, 1.165) is 23.4 Å². The number of aromatic amines is 1. The molecule has 0 saturated heterocycles. The first kappa shape index (κ1) is 20.8. The molecule has 0 unspecified atom stereocenters. The Balaban J connectivity index is 1.29. The van der Waals surface area contributed by atoms with Crippen LogP contribution in [0.25, 0.3) is 0 Å². The molecule has 0 aliphatic heterocycles. The number of hydrogen-bond donors (Lipinski definition) is 2. The number of nitrogens with zero attached hydrogens (tertiary/aromatic N) is 2. The number of carbonyl (C=O) groups is 1. The first-order chi connectivity index (χ1) is 15.5. The molecule has 0 spiro atoms. The van der Waals surface area contributed by atoms with E-state index >= 15 is 0 Å². The van der Waals surface area contributed by atoms with Crippen LogP contribution in [0.3, 0.4) is 0 Å². The highest BCUT2D eigenvalue weighted by Gasteiger charge is 2.52. The van der Waals surface area contributed by atoms with Crippen LogP contribution in [-0.2, 0) is 5.41 Å². The minimum atomic E-state index is -0.340. The lowest BCUT2D eigenvalue weighted by Crippen LogP contribution is -2.48. The van der Waals surface area contributed by atoms with Crippen LogP contribution in [-0.4, -0.2) is 43.6 Å². The summed E-state index contributed by atoms with van der Waals surface area (Å²) >= 11 is 0. The second-order valence-electron chi connectivity index (χ2n) is 9.51. The number of nitrogens with one attached hydrogen (secondary N) is 2. The van der Waals surface area contributed by atoms with Crippen LogP contribution >= 0.6 is 0 Å². The summed E-state index contributed by atoms with van der Waals surface area (Å²) in [4.78, 5) is 12.7. The molecular formula is C24H30N4O4. The van der Waals surface area contributed by atoms with Gasteiger partial charge in [-0.25, -0.2) is 5.43 Å². The Kier molecular flexibility index (Phi) is 5.31. The molecule has 4 bridgehead atoms. The van der Waals surface area contributed by atoms with Crippen molar-refractivity contribution in [3.05, 3.63) is 35.2 Å². The van der Waals surface area contributed by atoms with Crippen LogP contribution in [0.1, 0.15) is 60.3 Å². The monoisotopic (exact) mass is 438 g/mol. The van der Waals surface area contributed by atoms with Gasteiger partial charge in [0.2, 0.25) is 0 Å². The van der Waals surface area contributed by atoms with Crippen molar-refractivity contribution in [2.45, 2.75) is 43.9 Å². The Bertz CT molecular complexity index is 1010. The van der Waals surface area contributed by atoms with Gasteiger partial charge in [0, 0.05) is 22.7 Å². The Morgan fingerprint density at radius 2 is 1.59 bits per heavy atom. The Hall–Kier alpha value is -3.03. The molecule has 4 aliphatic carbocycles. The van der Waals surface area contributed by atoms with Crippen LogP contribution in [0.5, 0.6) is 17.2 Å². The van der Waals surface area contributed by atoms with E-state index in [-0.39, 0.29) is 11.3 Å². The van der Waals surface area contributed by atoms with Crippen molar-refractivity contribution in [1.29, 1.82) is 0 Å². The smallest absolute Gasteiger partial charge is 0.291 e. The number of H-pyrrole nitrogens is 1. The lowest BCUT2D eigenvalue weighted by molar-refractivity contribution is -0.00721. The van der Waals surface area contributed by atoms with Gasteiger partial charge >= 0.3 is 0 Å². The number of benzene rings is 1. The molecule has 32 heavy (non-hydrogen) atoms. The van der Waals surface area contributed by atoms with Gasteiger partial charge in [-0.2, -0.15) is 10.2 Å². The van der Waals surface area contributed by atoms with E-state index in [1.165, 1.54) is 44.7 Å². The number of methoxy groups -OCH3 is 3. The number of aromatic nitrogens is 2. The summed E-state index contributed by atoms with van der Waals surface area (Å²) in [5.74, 6) is 3.83. The second-order valence-corrected chi connectivity index (χ2v) is 9.51. The fourth-order valence-corrected chi connectivity index (χ4v) is 6.52. The third kappa shape index (κ3) is 3.61. The molecule has 0 atom stereocenters. The van der Waals surface area contributed by atoms with Gasteiger partial charge in [-0.1, -0.05) is 0 Å². The summed E-state index contributed by atoms with van der Waals surface area (Å²) < 4.78 is 16.0. The Labute approximate surface area is 187 Å². The van der Waals surface area contributed by atoms with E-state index in [1.54, 1.807) is 33.5 Å². The highest BCUT2D eigenvalue weighted by molar-refractivity contribution is 5.93. The van der Waals surface area contributed by atoms with Crippen LogP contribution in [0.2, 0.25) is 0 Å². The number of carbonyl (C=O) groups excluding carboxylic acids is 1. The standard InChI is InChI=1S/C24H30N4O4/c1-30-19-9-21(32-3)20(31-2)7-17(19)13-25-28-23(29)18-8-22(27-26-18)24-10-14-4-15(11-24)6-16(5-14)12-24/h7-9,13-16H,4-6,10-12H2,1-3H3,(H,26,27)(H,28,29)/b25-13+. The van der Waals surface area contributed by atoms with Crippen molar-refractivity contribution < 1.29 is 19.0 Å². The fraction of sp³-hybridized carbons (Fsp3) is 0.542. The molecular weight excluding hydrogens is 408 g/mol. The SMILES string of the molecule is COc1cc(OC)c(OC)cc1/C=N/NC(=O)c1cc(C23CC4CC(CC(C4)C2)C3)[nH]n1. The minimum absolute atomic E-state index is 0.177. The topological polar surface area (TPSA) is 97.8 Å². The van der Waals surface area contributed by atoms with Crippen molar-refractivity contribution in [2.24, 2.45) is 22.9 Å². The summed E-state index contributed by atoms with van der Waals surface area (Å²) in [6.45, 7) is 0. The molecule has 1 aromatic heterocycles. The molecule has 2 aromatic rings. The van der Waals surface area contributed by atoms with Gasteiger partial charge in [-0.15, -0.1) is 0 Å². The molecule has 2 N–H and O–H groups in total. The molecule has 170 valence electrons. The van der Waals surface area contributed by atoms with Crippen molar-refractivity contribution >= 4 is 12.1 Å². The molecule has 0 radical (unpaired) electrons. The van der Waals surface area contributed by atoms with Crippen molar-refractivity contribution in [2.75, 3.05) is 21.3 Å². The zero-order valence-electron chi connectivity index (χ0n) is 18.8. The van der Waals surface area contributed by atoms with Gasteiger partial charge < -0.3 is 14.2 Å². The lowest BCUT2D eigenvalue weighted by atomic mass is 9.49. The molecule has 6 rings (SSSR count). The Morgan fingerprint density at radius 1 is 1.00 bits per heavy atom. The normalized spacial score (nSPS) is 28.2. The van der Waals surface area contributed by atoms with Gasteiger partial charge in [0.05, 0.1) is 27.5 Å². The predicted octanol–water partition coefficient (Wildman–Crippen LogP) is 3.67. The number of hydrazone groups is 1. The molecule has 4 fully saturated rings. The van der Waals surface area contributed by atoms with Gasteiger partial charge in [0.1, 0.15) is 5.75 Å². The molecule has 4 aliphatic rings. The number of ether oxygens (including phenoxy) is 3. The maximum absolute atomic E-state index is 12.7. The average Bonchev–Trinajstić information content (AvgIpc) is 3.29. The van der Waals surface area contributed by atoms with Crippen LogP contribution in [0.4, 0.5) is 0 Å². The molecule has 1 amide bonds. The van der Waals surface area contributed by atoms with Crippen molar-refractivity contribution in [1.82, 2.24) is 15.6 Å². The Morgan fingerprint density at radius 3 is 2.19 bits per heavy atom. The maximum Gasteiger partial charge on any atom is 0.291 e. The van der Waals surface area contributed by atoms with Gasteiger partial charge in [-0.3, -0.25) is 9.89 Å². The van der Waals surface area contributed by atoms with Crippen LogP contribution in [0.15, 0.2) is 23.3 Å². The van der Waals surface area contributed by atoms with E-state index in [9.17, 15) is 4.79 Å². The zero-order valence-corrected chi connectivity index (χ0v) is 18.8. The van der Waals surface area contributed by atoms with Crippen molar-refractivity contribution in [3.8, 4) is 17.2 Å². The van der Waals surface area contributed by atoms with E-state index in [0.29, 0.717) is 28.5 Å². The first-order valence-electron chi connectivity index (χ1n) is 11.2. The fourth-order valence-electron chi connectivity index (χ4n) is 6.52. The summed E-state index contributed by atoms with van der Waals surface area (Å²) in [6.07, 6.45) is 9.34. The predicted molar refractivity (Wildman–Crippen MR) is 120 cm³/mol. The van der Waals surface area contributed by atoms with Gasteiger partial charge in [-0.05, 0) is 68.4 Å². The third-order valence-electron chi connectivity index (χ3n) is 7.53. The molecule has 1 heterocycles. The quantitative estimate of drug-likeness (QED) is 0.508. The summed E-state index contributed by atoms with van der Waals surface area (Å²) in [5, 5.41) is 11.6. The summed E-state index contributed by atoms with van der Waals surface area (Å²) in [6, 6.07) is 5.38. The van der Waals surface area contributed by atoms with Gasteiger partial charge in [0.15, 0.2) is 17.2 Å². The third-order valence-corrected chi connectivity index (χ3v) is 7.53. The highest BCUT2D eigenvalue weighted by Crippen LogP contribution is 2.60. The highest BCUT2D eigenvalue weighted by atomic mass is 16.5. The lowest BCUT2D eigenvalue weighted by Gasteiger charge is -2.56.